The van der Waals surface area contributed by atoms with Gasteiger partial charge in [-0.05, 0) is 12.8 Å². The van der Waals surface area contributed by atoms with Crippen LogP contribution in [-0.2, 0) is 0 Å². The molecule has 6 nitrogen and oxygen atoms in total. The lowest BCUT2D eigenvalue weighted by molar-refractivity contribution is 0.0990. The molecule has 1 fully saturated rings. The number of hydrogen-bond acceptors (Lipinski definition) is 4. The largest absolute Gasteiger partial charge is 0.363 e. The van der Waals surface area contributed by atoms with Crippen molar-refractivity contribution in [2.24, 2.45) is 5.73 Å². The van der Waals surface area contributed by atoms with Gasteiger partial charge in [0.05, 0.1) is 17.6 Å². The van der Waals surface area contributed by atoms with E-state index in [2.05, 4.69) is 15.1 Å². The third-order valence-corrected chi connectivity index (χ3v) is 3.23. The maximum Gasteiger partial charge on any atom is 0.286 e. The van der Waals surface area contributed by atoms with Crippen LogP contribution in [0.5, 0.6) is 0 Å². The van der Waals surface area contributed by atoms with Crippen molar-refractivity contribution >= 4 is 16.9 Å². The summed E-state index contributed by atoms with van der Waals surface area (Å²) in [4.78, 5) is 19.2. The summed E-state index contributed by atoms with van der Waals surface area (Å²) < 4.78 is 1.90. The summed E-state index contributed by atoms with van der Waals surface area (Å²) in [5.41, 5.74) is 5.89. The molecule has 0 atom stereocenters. The lowest BCUT2D eigenvalue weighted by Gasteiger charge is -2.10. The number of nitrogens with two attached hydrogens (primary N) is 1. The van der Waals surface area contributed by atoms with Crippen LogP contribution in [0.3, 0.4) is 0 Å². The maximum atomic E-state index is 11.1. The van der Waals surface area contributed by atoms with E-state index in [1.165, 1.54) is 12.8 Å². The number of primary amides is 1. The van der Waals surface area contributed by atoms with Crippen LogP contribution in [0.2, 0.25) is 0 Å². The first-order chi connectivity index (χ1) is 8.25. The van der Waals surface area contributed by atoms with Gasteiger partial charge in [-0.3, -0.25) is 4.79 Å². The van der Waals surface area contributed by atoms with Gasteiger partial charge in [0.15, 0.2) is 5.65 Å². The predicted octanol–water partition coefficient (Wildman–Crippen LogP) is 1.04. The molecule has 0 aromatic carbocycles. The summed E-state index contributed by atoms with van der Waals surface area (Å²) in [5.74, 6) is -0.552. The predicted molar refractivity (Wildman–Crippen MR) is 61.3 cm³/mol. The van der Waals surface area contributed by atoms with Gasteiger partial charge in [0.2, 0.25) is 5.82 Å². The zero-order valence-corrected chi connectivity index (χ0v) is 9.33. The molecule has 1 aliphatic rings. The number of amides is 1. The van der Waals surface area contributed by atoms with Gasteiger partial charge in [0.25, 0.3) is 5.91 Å². The van der Waals surface area contributed by atoms with Crippen molar-refractivity contribution in [3.05, 3.63) is 18.2 Å². The Bertz CT molecular complexity index is 570. The van der Waals surface area contributed by atoms with E-state index in [-0.39, 0.29) is 5.82 Å². The van der Waals surface area contributed by atoms with Crippen molar-refractivity contribution in [2.45, 2.75) is 31.7 Å². The molecule has 1 aliphatic carbocycles. The highest BCUT2D eigenvalue weighted by molar-refractivity contribution is 5.90. The second-order valence-electron chi connectivity index (χ2n) is 4.36. The highest BCUT2D eigenvalue weighted by atomic mass is 16.1. The smallest absolute Gasteiger partial charge is 0.286 e. The molecule has 0 aliphatic heterocycles. The maximum absolute atomic E-state index is 11.1. The van der Waals surface area contributed by atoms with Gasteiger partial charge in [-0.25, -0.2) is 14.6 Å². The molecule has 2 heterocycles. The lowest BCUT2D eigenvalue weighted by Crippen LogP contribution is -2.16. The molecule has 1 saturated carbocycles. The van der Waals surface area contributed by atoms with Crippen LogP contribution < -0.4 is 5.73 Å². The number of nitrogens with zero attached hydrogens (tertiary/aromatic N) is 4. The molecule has 88 valence electrons. The van der Waals surface area contributed by atoms with Crippen LogP contribution in [0.4, 0.5) is 0 Å². The van der Waals surface area contributed by atoms with Crippen molar-refractivity contribution in [3.63, 3.8) is 0 Å². The molecule has 1 amide bonds. The van der Waals surface area contributed by atoms with E-state index in [9.17, 15) is 4.79 Å². The van der Waals surface area contributed by atoms with Crippen LogP contribution >= 0.6 is 0 Å². The van der Waals surface area contributed by atoms with Gasteiger partial charge in [-0.1, -0.05) is 12.8 Å². The highest BCUT2D eigenvalue weighted by Crippen LogP contribution is 2.30. The number of aromatic nitrogens is 4. The Morgan fingerprint density at radius 1 is 1.35 bits per heavy atom. The van der Waals surface area contributed by atoms with E-state index in [0.29, 0.717) is 11.7 Å². The first-order valence-corrected chi connectivity index (χ1v) is 5.76. The van der Waals surface area contributed by atoms with Crippen molar-refractivity contribution in [3.8, 4) is 0 Å². The second-order valence-corrected chi connectivity index (χ2v) is 4.36. The van der Waals surface area contributed by atoms with Gasteiger partial charge in [0.1, 0.15) is 0 Å². The van der Waals surface area contributed by atoms with Gasteiger partial charge in [-0.2, -0.15) is 5.10 Å². The summed E-state index contributed by atoms with van der Waals surface area (Å²) in [6.07, 6.45) is 8.01. The molecule has 0 bridgehead atoms. The number of hydrogen-bond donors (Lipinski definition) is 1. The van der Waals surface area contributed by atoms with Crippen LogP contribution in [0.25, 0.3) is 11.0 Å². The second kappa shape index (κ2) is 3.80. The average Bonchev–Trinajstić information content (AvgIpc) is 2.96. The zero-order valence-electron chi connectivity index (χ0n) is 9.33. The van der Waals surface area contributed by atoms with Crippen molar-refractivity contribution < 1.29 is 4.79 Å². The summed E-state index contributed by atoms with van der Waals surface area (Å²) in [6.45, 7) is 0. The Kier molecular flexibility index (Phi) is 2.28. The number of carbonyl (C=O) groups excluding carboxylic acids is 1. The fourth-order valence-corrected chi connectivity index (χ4v) is 2.37. The molecule has 0 spiro atoms. The Hall–Kier alpha value is -1.98. The Labute approximate surface area is 97.8 Å². The minimum Gasteiger partial charge on any atom is -0.363 e. The zero-order chi connectivity index (χ0) is 11.8. The van der Waals surface area contributed by atoms with Gasteiger partial charge >= 0.3 is 0 Å². The van der Waals surface area contributed by atoms with Crippen molar-refractivity contribution in [1.82, 2.24) is 19.7 Å². The Morgan fingerprint density at radius 2 is 2.12 bits per heavy atom. The molecule has 17 heavy (non-hydrogen) atoms. The minimum atomic E-state index is -0.605. The van der Waals surface area contributed by atoms with Crippen molar-refractivity contribution in [2.75, 3.05) is 0 Å². The first-order valence-electron chi connectivity index (χ1n) is 5.76. The fourth-order valence-electron chi connectivity index (χ4n) is 2.37. The summed E-state index contributed by atoms with van der Waals surface area (Å²) in [7, 11) is 0. The van der Waals surface area contributed by atoms with Crippen LogP contribution in [0.15, 0.2) is 12.4 Å². The Balaban J connectivity index is 2.11. The molecule has 0 unspecified atom stereocenters. The third-order valence-electron chi connectivity index (χ3n) is 3.23. The lowest BCUT2D eigenvalue weighted by atomic mass is 10.2. The minimum absolute atomic E-state index is 0.0530. The van der Waals surface area contributed by atoms with Crippen molar-refractivity contribution in [1.29, 1.82) is 0 Å². The van der Waals surface area contributed by atoms with E-state index in [0.717, 1.165) is 18.2 Å². The molecular weight excluding hydrogens is 218 g/mol. The fraction of sp³-hybridized carbons (Fsp3) is 0.455. The van der Waals surface area contributed by atoms with Gasteiger partial charge in [-0.15, -0.1) is 0 Å². The molecular formula is C11H13N5O. The summed E-state index contributed by atoms with van der Waals surface area (Å²) in [5, 5.41) is 5.19. The molecule has 0 radical (unpaired) electrons. The molecule has 2 aromatic rings. The molecule has 2 N–H and O–H groups in total. The van der Waals surface area contributed by atoms with E-state index in [1.54, 1.807) is 12.4 Å². The van der Waals surface area contributed by atoms with Crippen LogP contribution in [-0.4, -0.2) is 25.7 Å². The molecule has 6 heteroatoms. The number of carbonyl (C=O) groups is 1. The highest BCUT2D eigenvalue weighted by Gasteiger charge is 2.20. The van der Waals surface area contributed by atoms with Gasteiger partial charge in [0, 0.05) is 6.20 Å². The first kappa shape index (κ1) is 10.2. The SMILES string of the molecule is NC(=O)c1ncc2cnn(C3CCCC3)c2n1. The quantitative estimate of drug-likeness (QED) is 0.836. The van der Waals surface area contributed by atoms with E-state index in [1.807, 2.05) is 4.68 Å². The molecule has 3 rings (SSSR count). The number of fused-ring (bicyclic) bond motifs is 1. The standard InChI is InChI=1S/C11H13N5O/c12-9(17)10-13-5-7-6-14-16(11(7)15-10)8-3-1-2-4-8/h5-6,8H,1-4H2,(H2,12,17). The normalized spacial score (nSPS) is 16.7. The van der Waals surface area contributed by atoms with E-state index in [4.69, 9.17) is 5.73 Å². The summed E-state index contributed by atoms with van der Waals surface area (Å²) >= 11 is 0. The topological polar surface area (TPSA) is 86.7 Å². The Morgan fingerprint density at radius 3 is 2.82 bits per heavy atom. The third kappa shape index (κ3) is 1.65. The monoisotopic (exact) mass is 231 g/mol. The van der Waals surface area contributed by atoms with E-state index >= 15 is 0 Å². The molecule has 0 saturated heterocycles. The van der Waals surface area contributed by atoms with Gasteiger partial charge < -0.3 is 5.73 Å². The summed E-state index contributed by atoms with van der Waals surface area (Å²) in [6, 6.07) is 0.392. The average molecular weight is 231 g/mol. The molecule has 2 aromatic heterocycles. The van der Waals surface area contributed by atoms with Crippen LogP contribution in [0, 0.1) is 0 Å². The van der Waals surface area contributed by atoms with E-state index < -0.39 is 5.91 Å². The van der Waals surface area contributed by atoms with Crippen LogP contribution in [0.1, 0.15) is 42.3 Å². The number of rotatable bonds is 2.